The minimum absolute atomic E-state index is 0.0225. The number of rotatable bonds is 4. The lowest BCUT2D eigenvalue weighted by molar-refractivity contribution is 0.0692. The molecule has 0 saturated carbocycles. The van der Waals surface area contributed by atoms with E-state index in [1.807, 2.05) is 0 Å². The first kappa shape index (κ1) is 13.3. The molecular formula is C10H12O6S. The average Bonchev–Trinajstić information content (AvgIpc) is 2.25. The molecule has 1 N–H and O–H groups in total. The summed E-state index contributed by atoms with van der Waals surface area (Å²) in [5, 5.41) is 8.93. The third-order valence-electron chi connectivity index (χ3n) is 2.12. The van der Waals surface area contributed by atoms with Crippen LogP contribution in [0.4, 0.5) is 0 Å². The van der Waals surface area contributed by atoms with Gasteiger partial charge in [0, 0.05) is 12.3 Å². The minimum Gasteiger partial charge on any atom is -0.496 e. The second kappa shape index (κ2) is 4.62. The van der Waals surface area contributed by atoms with Gasteiger partial charge in [-0.1, -0.05) is 0 Å². The SMILES string of the molecule is COc1cc(S(C)(=O)=O)c(OC)cc1C(=O)O. The molecule has 0 amide bonds. The maximum Gasteiger partial charge on any atom is 0.339 e. The smallest absolute Gasteiger partial charge is 0.339 e. The van der Waals surface area contributed by atoms with Gasteiger partial charge in [-0.25, -0.2) is 13.2 Å². The van der Waals surface area contributed by atoms with Gasteiger partial charge in [-0.2, -0.15) is 0 Å². The highest BCUT2D eigenvalue weighted by Gasteiger charge is 2.21. The summed E-state index contributed by atoms with van der Waals surface area (Å²) in [6.07, 6.45) is 1.00. The van der Waals surface area contributed by atoms with Gasteiger partial charge >= 0.3 is 5.97 Å². The second-order valence-electron chi connectivity index (χ2n) is 3.28. The zero-order chi connectivity index (χ0) is 13.2. The van der Waals surface area contributed by atoms with Crippen LogP contribution in [-0.4, -0.2) is 40.0 Å². The van der Waals surface area contributed by atoms with Gasteiger partial charge in [0.25, 0.3) is 0 Å². The Balaban J connectivity index is 3.61. The molecule has 0 atom stereocenters. The first-order valence-electron chi connectivity index (χ1n) is 4.50. The third-order valence-corrected chi connectivity index (χ3v) is 3.23. The van der Waals surface area contributed by atoms with Crippen molar-refractivity contribution >= 4 is 15.8 Å². The lowest BCUT2D eigenvalue weighted by atomic mass is 10.2. The molecule has 94 valence electrons. The molecule has 6 nitrogen and oxygen atoms in total. The topological polar surface area (TPSA) is 89.9 Å². The van der Waals surface area contributed by atoms with Gasteiger partial charge in [0.1, 0.15) is 22.0 Å². The Morgan fingerprint density at radius 3 is 2.06 bits per heavy atom. The van der Waals surface area contributed by atoms with Gasteiger partial charge in [-0.05, 0) is 6.07 Å². The average molecular weight is 260 g/mol. The van der Waals surface area contributed by atoms with Crippen LogP contribution < -0.4 is 9.47 Å². The summed E-state index contributed by atoms with van der Waals surface area (Å²) in [5.74, 6) is -1.27. The number of ether oxygens (including phenoxy) is 2. The summed E-state index contributed by atoms with van der Waals surface area (Å²) >= 11 is 0. The highest BCUT2D eigenvalue weighted by molar-refractivity contribution is 7.90. The van der Waals surface area contributed by atoms with E-state index in [9.17, 15) is 13.2 Å². The summed E-state index contributed by atoms with van der Waals surface area (Å²) in [6, 6.07) is 2.26. The quantitative estimate of drug-likeness (QED) is 0.861. The molecule has 0 fully saturated rings. The fraction of sp³-hybridized carbons (Fsp3) is 0.300. The largest absolute Gasteiger partial charge is 0.496 e. The molecule has 0 heterocycles. The van der Waals surface area contributed by atoms with Crippen LogP contribution in [0, 0.1) is 0 Å². The van der Waals surface area contributed by atoms with Crippen molar-refractivity contribution in [2.24, 2.45) is 0 Å². The number of sulfone groups is 1. The molecule has 0 aliphatic heterocycles. The van der Waals surface area contributed by atoms with E-state index in [1.165, 1.54) is 14.2 Å². The number of carboxylic acid groups (broad SMARTS) is 1. The third kappa shape index (κ3) is 2.68. The Morgan fingerprint density at radius 2 is 1.71 bits per heavy atom. The van der Waals surface area contributed by atoms with Gasteiger partial charge in [-0.15, -0.1) is 0 Å². The van der Waals surface area contributed by atoms with Crippen LogP contribution in [0.5, 0.6) is 11.5 Å². The Labute approximate surface area is 98.7 Å². The summed E-state index contributed by atoms with van der Waals surface area (Å²) in [6.45, 7) is 0. The van der Waals surface area contributed by atoms with Gasteiger partial charge in [0.05, 0.1) is 14.2 Å². The Hall–Kier alpha value is -1.76. The van der Waals surface area contributed by atoms with Gasteiger partial charge in [0.15, 0.2) is 9.84 Å². The first-order valence-corrected chi connectivity index (χ1v) is 6.39. The Morgan fingerprint density at radius 1 is 1.18 bits per heavy atom. The van der Waals surface area contributed by atoms with Crippen LogP contribution in [0.3, 0.4) is 0 Å². The molecule has 1 aromatic carbocycles. The number of hydrogen-bond acceptors (Lipinski definition) is 5. The van der Waals surface area contributed by atoms with Crippen LogP contribution >= 0.6 is 0 Å². The molecule has 7 heteroatoms. The van der Waals surface area contributed by atoms with Crippen LogP contribution in [0.15, 0.2) is 17.0 Å². The summed E-state index contributed by atoms with van der Waals surface area (Å²) in [4.78, 5) is 10.8. The molecule has 1 aromatic rings. The van der Waals surface area contributed by atoms with E-state index >= 15 is 0 Å². The molecule has 0 saturated heterocycles. The van der Waals surface area contributed by atoms with E-state index in [0.717, 1.165) is 18.4 Å². The normalized spacial score (nSPS) is 11.0. The van der Waals surface area contributed by atoms with Gasteiger partial charge < -0.3 is 14.6 Å². The van der Waals surface area contributed by atoms with E-state index < -0.39 is 15.8 Å². The van der Waals surface area contributed by atoms with E-state index in [-0.39, 0.29) is 22.0 Å². The number of carbonyl (C=O) groups is 1. The van der Waals surface area contributed by atoms with Gasteiger partial charge in [0.2, 0.25) is 0 Å². The Bertz CT molecular complexity index is 546. The van der Waals surface area contributed by atoms with Crippen LogP contribution in [0.1, 0.15) is 10.4 Å². The Kier molecular flexibility index (Phi) is 3.62. The number of carboxylic acids is 1. The van der Waals surface area contributed by atoms with Crippen molar-refractivity contribution in [3.05, 3.63) is 17.7 Å². The number of benzene rings is 1. The zero-order valence-corrected chi connectivity index (χ0v) is 10.4. The van der Waals surface area contributed by atoms with E-state index in [2.05, 4.69) is 0 Å². The first-order chi connectivity index (χ1) is 7.81. The lowest BCUT2D eigenvalue weighted by Gasteiger charge is -2.11. The molecule has 0 radical (unpaired) electrons. The maximum absolute atomic E-state index is 11.5. The highest BCUT2D eigenvalue weighted by atomic mass is 32.2. The minimum atomic E-state index is -3.52. The second-order valence-corrected chi connectivity index (χ2v) is 5.26. The molecule has 1 rings (SSSR count). The van der Waals surface area contributed by atoms with Crippen molar-refractivity contribution < 1.29 is 27.8 Å². The molecule has 0 spiro atoms. The highest BCUT2D eigenvalue weighted by Crippen LogP contribution is 2.31. The summed E-state index contributed by atoms with van der Waals surface area (Å²) in [7, 11) is -0.988. The molecule has 17 heavy (non-hydrogen) atoms. The van der Waals surface area contributed by atoms with E-state index in [0.29, 0.717) is 0 Å². The van der Waals surface area contributed by atoms with Crippen LogP contribution in [-0.2, 0) is 9.84 Å². The molecule has 0 unspecified atom stereocenters. The fourth-order valence-corrected chi connectivity index (χ4v) is 2.16. The van der Waals surface area contributed by atoms with Crippen molar-refractivity contribution in [2.45, 2.75) is 4.90 Å². The van der Waals surface area contributed by atoms with Crippen molar-refractivity contribution in [2.75, 3.05) is 20.5 Å². The molecule has 0 bridgehead atoms. The maximum atomic E-state index is 11.5. The molecule has 0 aliphatic carbocycles. The summed E-state index contributed by atoms with van der Waals surface area (Å²) in [5.41, 5.74) is -0.156. The summed E-state index contributed by atoms with van der Waals surface area (Å²) < 4.78 is 32.7. The van der Waals surface area contributed by atoms with Crippen LogP contribution in [0.25, 0.3) is 0 Å². The number of methoxy groups -OCH3 is 2. The molecule has 0 aliphatic rings. The number of hydrogen-bond donors (Lipinski definition) is 1. The van der Waals surface area contributed by atoms with Crippen LogP contribution in [0.2, 0.25) is 0 Å². The van der Waals surface area contributed by atoms with Gasteiger partial charge in [-0.3, -0.25) is 0 Å². The van der Waals surface area contributed by atoms with Crippen molar-refractivity contribution in [3.63, 3.8) is 0 Å². The number of aromatic carboxylic acids is 1. The monoisotopic (exact) mass is 260 g/mol. The van der Waals surface area contributed by atoms with E-state index in [1.54, 1.807) is 0 Å². The fourth-order valence-electron chi connectivity index (χ4n) is 1.33. The standard InChI is InChI=1S/C10H12O6S/c1-15-7-5-9(17(3,13)14)8(16-2)4-6(7)10(11)12/h4-5H,1-3H3,(H,11,12). The molecular weight excluding hydrogens is 248 g/mol. The van der Waals surface area contributed by atoms with Crippen molar-refractivity contribution in [1.29, 1.82) is 0 Å². The molecule has 0 aromatic heterocycles. The predicted octanol–water partition coefficient (Wildman–Crippen LogP) is 0.805. The van der Waals surface area contributed by atoms with Crippen molar-refractivity contribution in [1.82, 2.24) is 0 Å². The van der Waals surface area contributed by atoms with E-state index in [4.69, 9.17) is 14.6 Å². The lowest BCUT2D eigenvalue weighted by Crippen LogP contribution is -2.06. The predicted molar refractivity (Wildman–Crippen MR) is 59.6 cm³/mol. The zero-order valence-electron chi connectivity index (χ0n) is 9.55. The van der Waals surface area contributed by atoms with Crippen molar-refractivity contribution in [3.8, 4) is 11.5 Å².